The highest BCUT2D eigenvalue weighted by molar-refractivity contribution is 5.76. The predicted octanol–water partition coefficient (Wildman–Crippen LogP) is 1.03. The SMILES string of the molecule is CCN(C(=O)CCC(C)O)C(C)COC. The van der Waals surface area contributed by atoms with Gasteiger partial charge in [0.15, 0.2) is 0 Å². The molecule has 4 heteroatoms. The highest BCUT2D eigenvalue weighted by Gasteiger charge is 2.18. The van der Waals surface area contributed by atoms with Crippen molar-refractivity contribution in [2.24, 2.45) is 0 Å². The highest BCUT2D eigenvalue weighted by atomic mass is 16.5. The van der Waals surface area contributed by atoms with Crippen molar-refractivity contribution in [1.29, 1.82) is 0 Å². The number of hydrogen-bond acceptors (Lipinski definition) is 3. The maximum atomic E-state index is 11.8. The van der Waals surface area contributed by atoms with Crippen LogP contribution in [-0.2, 0) is 9.53 Å². The van der Waals surface area contributed by atoms with Gasteiger partial charge in [-0.15, -0.1) is 0 Å². The second-order valence-electron chi connectivity index (χ2n) is 3.87. The second-order valence-corrected chi connectivity index (χ2v) is 3.87. The first-order valence-corrected chi connectivity index (χ1v) is 5.49. The van der Waals surface area contributed by atoms with Gasteiger partial charge >= 0.3 is 0 Å². The quantitative estimate of drug-likeness (QED) is 0.693. The lowest BCUT2D eigenvalue weighted by Crippen LogP contribution is -2.41. The molecule has 4 nitrogen and oxygen atoms in total. The third-order valence-corrected chi connectivity index (χ3v) is 2.38. The van der Waals surface area contributed by atoms with Crippen LogP contribution in [0.2, 0.25) is 0 Å². The van der Waals surface area contributed by atoms with Gasteiger partial charge in [0.2, 0.25) is 5.91 Å². The van der Waals surface area contributed by atoms with E-state index in [-0.39, 0.29) is 11.9 Å². The van der Waals surface area contributed by atoms with Crippen LogP contribution in [0.4, 0.5) is 0 Å². The Labute approximate surface area is 92.2 Å². The molecular formula is C11H23NO3. The molecule has 0 aliphatic carbocycles. The van der Waals surface area contributed by atoms with Crippen molar-refractivity contribution in [1.82, 2.24) is 4.90 Å². The minimum absolute atomic E-state index is 0.0861. The number of amides is 1. The predicted molar refractivity (Wildman–Crippen MR) is 59.6 cm³/mol. The summed E-state index contributed by atoms with van der Waals surface area (Å²) in [4.78, 5) is 13.5. The van der Waals surface area contributed by atoms with E-state index in [4.69, 9.17) is 9.84 Å². The molecule has 0 aromatic heterocycles. The average Bonchev–Trinajstić information content (AvgIpc) is 2.16. The van der Waals surface area contributed by atoms with Crippen molar-refractivity contribution >= 4 is 5.91 Å². The van der Waals surface area contributed by atoms with Crippen LogP contribution in [-0.4, -0.2) is 48.3 Å². The molecule has 0 aromatic carbocycles. The largest absolute Gasteiger partial charge is 0.393 e. The monoisotopic (exact) mass is 217 g/mol. The fraction of sp³-hybridized carbons (Fsp3) is 0.909. The third-order valence-electron chi connectivity index (χ3n) is 2.38. The van der Waals surface area contributed by atoms with E-state index in [1.165, 1.54) is 0 Å². The van der Waals surface area contributed by atoms with E-state index in [0.717, 1.165) is 0 Å². The van der Waals surface area contributed by atoms with Crippen LogP contribution >= 0.6 is 0 Å². The zero-order valence-corrected chi connectivity index (χ0v) is 10.2. The van der Waals surface area contributed by atoms with Crippen molar-refractivity contribution in [3.05, 3.63) is 0 Å². The van der Waals surface area contributed by atoms with E-state index >= 15 is 0 Å². The summed E-state index contributed by atoms with van der Waals surface area (Å²) in [7, 11) is 1.63. The Morgan fingerprint density at radius 1 is 1.47 bits per heavy atom. The van der Waals surface area contributed by atoms with Crippen LogP contribution in [0.25, 0.3) is 0 Å². The van der Waals surface area contributed by atoms with E-state index in [9.17, 15) is 4.79 Å². The Kier molecular flexibility index (Phi) is 7.34. The van der Waals surface area contributed by atoms with E-state index < -0.39 is 6.10 Å². The van der Waals surface area contributed by atoms with Gasteiger partial charge in [-0.05, 0) is 27.2 Å². The lowest BCUT2D eigenvalue weighted by Gasteiger charge is -2.27. The lowest BCUT2D eigenvalue weighted by atomic mass is 10.2. The standard InChI is InChI=1S/C11H23NO3/c1-5-12(9(2)8-15-4)11(14)7-6-10(3)13/h9-10,13H,5-8H2,1-4H3. The molecule has 90 valence electrons. The molecular weight excluding hydrogens is 194 g/mol. The Bertz CT molecular complexity index is 183. The van der Waals surface area contributed by atoms with Gasteiger partial charge < -0.3 is 14.7 Å². The van der Waals surface area contributed by atoms with Gasteiger partial charge in [0, 0.05) is 20.1 Å². The van der Waals surface area contributed by atoms with Gasteiger partial charge in [-0.1, -0.05) is 0 Å². The first-order valence-electron chi connectivity index (χ1n) is 5.49. The van der Waals surface area contributed by atoms with Gasteiger partial charge in [0.25, 0.3) is 0 Å². The Morgan fingerprint density at radius 3 is 2.47 bits per heavy atom. The molecule has 0 bridgehead atoms. The number of ether oxygens (including phenoxy) is 1. The number of carbonyl (C=O) groups excluding carboxylic acids is 1. The van der Waals surface area contributed by atoms with Crippen LogP contribution in [0, 0.1) is 0 Å². The zero-order valence-electron chi connectivity index (χ0n) is 10.2. The molecule has 0 aliphatic heterocycles. The molecule has 0 aliphatic rings. The number of rotatable bonds is 7. The second kappa shape index (κ2) is 7.65. The minimum atomic E-state index is -0.412. The number of hydrogen-bond donors (Lipinski definition) is 1. The van der Waals surface area contributed by atoms with Crippen LogP contribution in [0.5, 0.6) is 0 Å². The first kappa shape index (κ1) is 14.4. The summed E-state index contributed by atoms with van der Waals surface area (Å²) in [5, 5.41) is 9.10. The molecule has 0 radical (unpaired) electrons. The van der Waals surface area contributed by atoms with Crippen LogP contribution < -0.4 is 0 Å². The molecule has 0 fully saturated rings. The van der Waals surface area contributed by atoms with E-state index in [1.54, 1.807) is 18.9 Å². The van der Waals surface area contributed by atoms with Crippen molar-refractivity contribution in [2.75, 3.05) is 20.3 Å². The molecule has 1 N–H and O–H groups in total. The molecule has 2 unspecified atom stereocenters. The zero-order chi connectivity index (χ0) is 11.8. The molecule has 0 heterocycles. The van der Waals surface area contributed by atoms with E-state index in [1.807, 2.05) is 13.8 Å². The van der Waals surface area contributed by atoms with E-state index in [2.05, 4.69) is 0 Å². The number of nitrogens with zero attached hydrogens (tertiary/aromatic N) is 1. The smallest absolute Gasteiger partial charge is 0.222 e. The van der Waals surface area contributed by atoms with Crippen LogP contribution in [0.3, 0.4) is 0 Å². The normalized spacial score (nSPS) is 14.7. The summed E-state index contributed by atoms with van der Waals surface area (Å²) in [6.45, 7) is 6.85. The average molecular weight is 217 g/mol. The topological polar surface area (TPSA) is 49.8 Å². The van der Waals surface area contributed by atoms with Gasteiger partial charge in [0.1, 0.15) is 0 Å². The molecule has 0 rings (SSSR count). The maximum absolute atomic E-state index is 11.8. The summed E-state index contributed by atoms with van der Waals surface area (Å²) in [5.41, 5.74) is 0. The number of methoxy groups -OCH3 is 1. The Hall–Kier alpha value is -0.610. The molecule has 15 heavy (non-hydrogen) atoms. The Balaban J connectivity index is 4.09. The molecule has 0 saturated heterocycles. The molecule has 0 saturated carbocycles. The van der Waals surface area contributed by atoms with Crippen molar-refractivity contribution < 1.29 is 14.6 Å². The molecule has 1 amide bonds. The van der Waals surface area contributed by atoms with Crippen molar-refractivity contribution in [3.8, 4) is 0 Å². The van der Waals surface area contributed by atoms with Crippen LogP contribution in [0.1, 0.15) is 33.6 Å². The summed E-state index contributed by atoms with van der Waals surface area (Å²) in [6, 6.07) is 0.0986. The third kappa shape index (κ3) is 5.74. The molecule has 2 atom stereocenters. The van der Waals surface area contributed by atoms with Gasteiger partial charge in [-0.25, -0.2) is 0 Å². The number of carbonyl (C=O) groups is 1. The van der Waals surface area contributed by atoms with Gasteiger partial charge in [-0.3, -0.25) is 4.79 Å². The summed E-state index contributed by atoms with van der Waals surface area (Å²) in [5.74, 6) is 0.0861. The summed E-state index contributed by atoms with van der Waals surface area (Å²) in [6.07, 6.45) is 0.514. The van der Waals surface area contributed by atoms with Crippen molar-refractivity contribution in [2.45, 2.75) is 45.8 Å². The maximum Gasteiger partial charge on any atom is 0.222 e. The molecule has 0 aromatic rings. The van der Waals surface area contributed by atoms with Gasteiger partial charge in [-0.2, -0.15) is 0 Å². The minimum Gasteiger partial charge on any atom is -0.393 e. The van der Waals surface area contributed by atoms with Crippen LogP contribution in [0.15, 0.2) is 0 Å². The number of likely N-dealkylation sites (N-methyl/N-ethyl adjacent to an activating group) is 1. The Morgan fingerprint density at radius 2 is 2.07 bits per heavy atom. The van der Waals surface area contributed by atoms with Crippen molar-refractivity contribution in [3.63, 3.8) is 0 Å². The highest BCUT2D eigenvalue weighted by Crippen LogP contribution is 2.06. The lowest BCUT2D eigenvalue weighted by molar-refractivity contribution is -0.134. The fourth-order valence-electron chi connectivity index (χ4n) is 1.54. The molecule has 0 spiro atoms. The fourth-order valence-corrected chi connectivity index (χ4v) is 1.54. The first-order chi connectivity index (χ1) is 7.02. The van der Waals surface area contributed by atoms with E-state index in [0.29, 0.717) is 26.0 Å². The van der Waals surface area contributed by atoms with Gasteiger partial charge in [0.05, 0.1) is 18.8 Å². The number of aliphatic hydroxyl groups excluding tert-OH is 1. The summed E-state index contributed by atoms with van der Waals surface area (Å²) < 4.78 is 5.02. The number of aliphatic hydroxyl groups is 1. The summed E-state index contributed by atoms with van der Waals surface area (Å²) >= 11 is 0.